The lowest BCUT2D eigenvalue weighted by atomic mass is 10.1. The Morgan fingerprint density at radius 1 is 1.44 bits per heavy atom. The van der Waals surface area contributed by atoms with Gasteiger partial charge in [0.25, 0.3) is 0 Å². The highest BCUT2D eigenvalue weighted by Crippen LogP contribution is 2.14. The Balaban J connectivity index is 1.60. The number of hydrogen-bond acceptors (Lipinski definition) is 4. The summed E-state index contributed by atoms with van der Waals surface area (Å²) in [6, 6.07) is -0.310. The fraction of sp³-hybridized carbons (Fsp3) is 0.833. The van der Waals surface area contributed by atoms with E-state index in [1.807, 2.05) is 0 Å². The molecule has 3 N–H and O–H groups in total. The molecule has 18 heavy (non-hydrogen) atoms. The number of amides is 2. The summed E-state index contributed by atoms with van der Waals surface area (Å²) in [6.07, 6.45) is 4.61. The van der Waals surface area contributed by atoms with Crippen molar-refractivity contribution in [2.24, 2.45) is 0 Å². The van der Waals surface area contributed by atoms with E-state index in [2.05, 4.69) is 16.0 Å². The van der Waals surface area contributed by atoms with Crippen LogP contribution in [-0.2, 0) is 14.3 Å². The van der Waals surface area contributed by atoms with E-state index in [1.54, 1.807) is 0 Å². The highest BCUT2D eigenvalue weighted by molar-refractivity contribution is 5.86. The summed E-state index contributed by atoms with van der Waals surface area (Å²) in [5.41, 5.74) is 0. The van der Waals surface area contributed by atoms with Crippen LogP contribution in [0.2, 0.25) is 0 Å². The SMILES string of the molecule is O=C1CNC(C(=O)NCCC2CCCCO2)CN1. The molecule has 2 atom stereocenters. The van der Waals surface area contributed by atoms with Gasteiger partial charge in [0.05, 0.1) is 12.6 Å². The Hall–Kier alpha value is -1.14. The fourth-order valence-corrected chi connectivity index (χ4v) is 2.27. The first-order valence-electron chi connectivity index (χ1n) is 6.65. The standard InChI is InChI=1S/C12H21N3O3/c16-11-8-14-10(7-15-11)12(17)13-5-4-9-3-1-2-6-18-9/h9-10,14H,1-8H2,(H,13,17)(H,15,16). The third-order valence-corrected chi connectivity index (χ3v) is 3.37. The molecule has 6 nitrogen and oxygen atoms in total. The molecule has 2 heterocycles. The minimum Gasteiger partial charge on any atom is -0.378 e. The van der Waals surface area contributed by atoms with Crippen molar-refractivity contribution in [2.75, 3.05) is 26.2 Å². The molecular formula is C12H21N3O3. The van der Waals surface area contributed by atoms with Crippen molar-refractivity contribution in [1.82, 2.24) is 16.0 Å². The zero-order chi connectivity index (χ0) is 12.8. The quantitative estimate of drug-likeness (QED) is 0.611. The van der Waals surface area contributed by atoms with Gasteiger partial charge in [0.2, 0.25) is 11.8 Å². The van der Waals surface area contributed by atoms with Gasteiger partial charge in [0, 0.05) is 19.7 Å². The van der Waals surface area contributed by atoms with Crippen LogP contribution in [0.4, 0.5) is 0 Å². The summed E-state index contributed by atoms with van der Waals surface area (Å²) in [5, 5.41) is 8.45. The number of ether oxygens (including phenoxy) is 1. The smallest absolute Gasteiger partial charge is 0.238 e. The van der Waals surface area contributed by atoms with Gasteiger partial charge in [-0.05, 0) is 25.7 Å². The zero-order valence-corrected chi connectivity index (χ0v) is 10.5. The van der Waals surface area contributed by atoms with Gasteiger partial charge in [-0.15, -0.1) is 0 Å². The molecule has 2 saturated heterocycles. The Kier molecular flexibility index (Phi) is 4.95. The van der Waals surface area contributed by atoms with Crippen LogP contribution in [0.5, 0.6) is 0 Å². The van der Waals surface area contributed by atoms with E-state index in [0.29, 0.717) is 13.1 Å². The molecule has 0 spiro atoms. The van der Waals surface area contributed by atoms with E-state index < -0.39 is 0 Å². The molecule has 2 aliphatic heterocycles. The van der Waals surface area contributed by atoms with Crippen LogP contribution in [0.25, 0.3) is 0 Å². The van der Waals surface area contributed by atoms with E-state index in [4.69, 9.17) is 4.74 Å². The van der Waals surface area contributed by atoms with Gasteiger partial charge in [0.15, 0.2) is 0 Å². The third-order valence-electron chi connectivity index (χ3n) is 3.37. The molecule has 2 aliphatic rings. The molecule has 0 aromatic heterocycles. The predicted octanol–water partition coefficient (Wildman–Crippen LogP) is -0.850. The predicted molar refractivity (Wildman–Crippen MR) is 66.0 cm³/mol. The number of carbonyl (C=O) groups excluding carboxylic acids is 2. The molecule has 0 radical (unpaired) electrons. The Labute approximate surface area is 107 Å². The minimum absolute atomic E-state index is 0.0502. The Bertz CT molecular complexity index is 293. The lowest BCUT2D eigenvalue weighted by Gasteiger charge is -2.25. The van der Waals surface area contributed by atoms with Crippen LogP contribution in [0.1, 0.15) is 25.7 Å². The molecule has 0 aliphatic carbocycles. The monoisotopic (exact) mass is 255 g/mol. The zero-order valence-electron chi connectivity index (χ0n) is 10.5. The molecule has 0 aromatic rings. The first kappa shape index (κ1) is 13.3. The second-order valence-corrected chi connectivity index (χ2v) is 4.81. The van der Waals surface area contributed by atoms with Gasteiger partial charge in [-0.3, -0.25) is 14.9 Å². The second kappa shape index (κ2) is 6.70. The largest absolute Gasteiger partial charge is 0.378 e. The molecule has 2 amide bonds. The highest BCUT2D eigenvalue weighted by atomic mass is 16.5. The maximum Gasteiger partial charge on any atom is 0.238 e. The first-order chi connectivity index (χ1) is 8.75. The number of nitrogens with one attached hydrogen (secondary N) is 3. The molecule has 6 heteroatoms. The van der Waals surface area contributed by atoms with Crippen LogP contribution < -0.4 is 16.0 Å². The summed E-state index contributed by atoms with van der Waals surface area (Å²) < 4.78 is 5.60. The summed E-state index contributed by atoms with van der Waals surface area (Å²) in [7, 11) is 0. The fourth-order valence-electron chi connectivity index (χ4n) is 2.27. The lowest BCUT2D eigenvalue weighted by molar-refractivity contribution is -0.126. The first-order valence-corrected chi connectivity index (χ1v) is 6.65. The highest BCUT2D eigenvalue weighted by Gasteiger charge is 2.23. The summed E-state index contributed by atoms with van der Waals surface area (Å²) in [5.74, 6) is -0.111. The maximum atomic E-state index is 11.8. The van der Waals surface area contributed by atoms with Crippen molar-refractivity contribution < 1.29 is 14.3 Å². The van der Waals surface area contributed by atoms with Crippen molar-refractivity contribution in [3.8, 4) is 0 Å². The van der Waals surface area contributed by atoms with Gasteiger partial charge < -0.3 is 15.4 Å². The number of hydrogen-bond donors (Lipinski definition) is 3. The maximum absolute atomic E-state index is 11.8. The van der Waals surface area contributed by atoms with Crippen molar-refractivity contribution in [2.45, 2.75) is 37.8 Å². The van der Waals surface area contributed by atoms with Gasteiger partial charge in [-0.25, -0.2) is 0 Å². The number of carbonyl (C=O) groups is 2. The van der Waals surface area contributed by atoms with E-state index in [-0.39, 0.29) is 30.5 Å². The lowest BCUT2D eigenvalue weighted by Crippen LogP contribution is -2.58. The number of piperazine rings is 1. The van der Waals surface area contributed by atoms with E-state index >= 15 is 0 Å². The average molecular weight is 255 g/mol. The molecule has 0 bridgehead atoms. The van der Waals surface area contributed by atoms with Crippen molar-refractivity contribution in [3.63, 3.8) is 0 Å². The topological polar surface area (TPSA) is 79.5 Å². The molecule has 2 fully saturated rings. The van der Waals surface area contributed by atoms with Crippen molar-refractivity contribution in [1.29, 1.82) is 0 Å². The van der Waals surface area contributed by atoms with Gasteiger partial charge in [-0.2, -0.15) is 0 Å². The Morgan fingerprint density at radius 2 is 2.33 bits per heavy atom. The van der Waals surface area contributed by atoms with E-state index in [1.165, 1.54) is 6.42 Å². The van der Waals surface area contributed by atoms with Crippen molar-refractivity contribution in [3.05, 3.63) is 0 Å². The number of rotatable bonds is 4. The summed E-state index contributed by atoms with van der Waals surface area (Å²) >= 11 is 0. The summed E-state index contributed by atoms with van der Waals surface area (Å²) in [4.78, 5) is 22.7. The van der Waals surface area contributed by atoms with Crippen LogP contribution in [-0.4, -0.2) is 50.2 Å². The average Bonchev–Trinajstić information content (AvgIpc) is 2.40. The minimum atomic E-state index is -0.310. The van der Waals surface area contributed by atoms with E-state index in [9.17, 15) is 9.59 Å². The molecule has 0 saturated carbocycles. The van der Waals surface area contributed by atoms with Crippen molar-refractivity contribution >= 4 is 11.8 Å². The Morgan fingerprint density at radius 3 is 3.00 bits per heavy atom. The van der Waals surface area contributed by atoms with Gasteiger partial charge >= 0.3 is 0 Å². The van der Waals surface area contributed by atoms with E-state index in [0.717, 1.165) is 25.9 Å². The van der Waals surface area contributed by atoms with Crippen LogP contribution in [0, 0.1) is 0 Å². The molecule has 2 unspecified atom stereocenters. The molecule has 102 valence electrons. The van der Waals surface area contributed by atoms with Crippen LogP contribution in [0.3, 0.4) is 0 Å². The van der Waals surface area contributed by atoms with Gasteiger partial charge in [-0.1, -0.05) is 0 Å². The van der Waals surface area contributed by atoms with Gasteiger partial charge in [0.1, 0.15) is 6.04 Å². The normalized spacial score (nSPS) is 28.6. The third kappa shape index (κ3) is 3.96. The summed E-state index contributed by atoms with van der Waals surface area (Å²) in [6.45, 7) is 2.05. The molecular weight excluding hydrogens is 234 g/mol. The van der Waals surface area contributed by atoms with Crippen LogP contribution >= 0.6 is 0 Å². The molecule has 2 rings (SSSR count). The van der Waals surface area contributed by atoms with Crippen LogP contribution in [0.15, 0.2) is 0 Å². The second-order valence-electron chi connectivity index (χ2n) is 4.81. The molecule has 0 aromatic carbocycles.